The molecule has 1 N–H and O–H groups in total. The van der Waals surface area contributed by atoms with Crippen molar-refractivity contribution < 1.29 is 9.53 Å². The maximum atomic E-state index is 12.4. The average Bonchev–Trinajstić information content (AvgIpc) is 3.21. The van der Waals surface area contributed by atoms with Crippen LogP contribution in [0.2, 0.25) is 0 Å². The lowest BCUT2D eigenvalue weighted by atomic mass is 10.2. The molecule has 140 valence electrons. The monoisotopic (exact) mass is 373 g/mol. The lowest BCUT2D eigenvalue weighted by Gasteiger charge is -2.38. The number of thiophene rings is 1. The van der Waals surface area contributed by atoms with E-state index in [1.54, 1.807) is 18.4 Å². The zero-order chi connectivity index (χ0) is 18.4. The molecule has 6 heteroatoms. The number of hydrogen-bond acceptors (Lipinski definition) is 5. The van der Waals surface area contributed by atoms with E-state index in [0.29, 0.717) is 6.54 Å². The number of nitrogens with one attached hydrogen (secondary N) is 1. The molecule has 3 rings (SSSR count). The maximum Gasteiger partial charge on any atom is 0.237 e. The summed E-state index contributed by atoms with van der Waals surface area (Å²) in [5.41, 5.74) is 1.21. The first-order valence-electron chi connectivity index (χ1n) is 9.10. The fourth-order valence-electron chi connectivity index (χ4n) is 3.24. The van der Waals surface area contributed by atoms with Crippen molar-refractivity contribution in [3.63, 3.8) is 0 Å². The summed E-state index contributed by atoms with van der Waals surface area (Å²) in [6.07, 6.45) is 0.904. The predicted octanol–water partition coefficient (Wildman–Crippen LogP) is 2.63. The molecule has 1 fully saturated rings. The van der Waals surface area contributed by atoms with Crippen LogP contribution in [0.25, 0.3) is 0 Å². The number of amides is 1. The van der Waals surface area contributed by atoms with Crippen molar-refractivity contribution in [1.82, 2.24) is 10.2 Å². The molecule has 1 amide bonds. The molecule has 1 atom stereocenters. The Balaban J connectivity index is 1.43. The Labute approximate surface area is 159 Å². The van der Waals surface area contributed by atoms with E-state index in [1.165, 1.54) is 10.6 Å². The Morgan fingerprint density at radius 1 is 1.19 bits per heavy atom. The summed E-state index contributed by atoms with van der Waals surface area (Å²) >= 11 is 1.74. The fourth-order valence-corrected chi connectivity index (χ4v) is 3.95. The van der Waals surface area contributed by atoms with Crippen LogP contribution in [0, 0.1) is 0 Å². The van der Waals surface area contributed by atoms with Gasteiger partial charge in [-0.2, -0.15) is 0 Å². The number of carbonyl (C=O) groups excluding carboxylic acids is 1. The predicted molar refractivity (Wildman–Crippen MR) is 107 cm³/mol. The second-order valence-electron chi connectivity index (χ2n) is 6.52. The van der Waals surface area contributed by atoms with Gasteiger partial charge in [-0.15, -0.1) is 11.3 Å². The summed E-state index contributed by atoms with van der Waals surface area (Å²) in [6.45, 7) is 6.36. The van der Waals surface area contributed by atoms with Gasteiger partial charge in [0.1, 0.15) is 5.75 Å². The van der Waals surface area contributed by atoms with Gasteiger partial charge in [0.15, 0.2) is 0 Å². The third-order valence-corrected chi connectivity index (χ3v) is 5.87. The minimum atomic E-state index is -0.0867. The number of benzene rings is 1. The van der Waals surface area contributed by atoms with Crippen molar-refractivity contribution >= 4 is 22.9 Å². The van der Waals surface area contributed by atoms with E-state index in [9.17, 15) is 4.79 Å². The zero-order valence-corrected chi connectivity index (χ0v) is 16.3. The van der Waals surface area contributed by atoms with E-state index in [4.69, 9.17) is 4.74 Å². The Bertz CT molecular complexity index is 680. The summed E-state index contributed by atoms with van der Waals surface area (Å²) < 4.78 is 5.22. The standard InChI is InChI=1S/C20H27N3O2S/c1-16(20(24)21-10-9-19-4-3-15-26-19)22-11-13-23(14-12-22)17-5-7-18(25-2)8-6-17/h3-8,15-16H,9-14H2,1-2H3,(H,21,24). The molecule has 1 saturated heterocycles. The van der Waals surface area contributed by atoms with E-state index in [0.717, 1.165) is 38.3 Å². The average molecular weight is 374 g/mol. The summed E-state index contributed by atoms with van der Waals surface area (Å²) in [6, 6.07) is 12.2. The summed E-state index contributed by atoms with van der Waals surface area (Å²) in [5, 5.41) is 5.14. The summed E-state index contributed by atoms with van der Waals surface area (Å²) in [7, 11) is 1.68. The van der Waals surface area contributed by atoms with Crippen molar-refractivity contribution in [3.8, 4) is 5.75 Å². The van der Waals surface area contributed by atoms with Crippen LogP contribution in [-0.2, 0) is 11.2 Å². The van der Waals surface area contributed by atoms with Crippen LogP contribution in [0.4, 0.5) is 5.69 Å². The molecule has 5 nitrogen and oxygen atoms in total. The number of methoxy groups -OCH3 is 1. The maximum absolute atomic E-state index is 12.4. The summed E-state index contributed by atoms with van der Waals surface area (Å²) in [4.78, 5) is 18.3. The Kier molecular flexibility index (Phi) is 6.52. The first-order valence-corrected chi connectivity index (χ1v) is 9.98. The molecule has 2 aromatic rings. The van der Waals surface area contributed by atoms with Gasteiger partial charge in [0.25, 0.3) is 0 Å². The van der Waals surface area contributed by atoms with E-state index < -0.39 is 0 Å². The first kappa shape index (κ1) is 18.7. The molecule has 1 aliphatic rings. The van der Waals surface area contributed by atoms with Crippen LogP contribution in [0.15, 0.2) is 41.8 Å². The third-order valence-electron chi connectivity index (χ3n) is 4.93. The molecule has 1 aromatic carbocycles. The first-order chi connectivity index (χ1) is 12.7. The van der Waals surface area contributed by atoms with Gasteiger partial charge in [-0.3, -0.25) is 9.69 Å². The van der Waals surface area contributed by atoms with E-state index >= 15 is 0 Å². The molecular weight excluding hydrogens is 346 g/mol. The van der Waals surface area contributed by atoms with E-state index in [-0.39, 0.29) is 11.9 Å². The summed E-state index contributed by atoms with van der Waals surface area (Å²) in [5.74, 6) is 1.000. The normalized spacial score (nSPS) is 16.3. The van der Waals surface area contributed by atoms with Crippen LogP contribution in [0.3, 0.4) is 0 Å². The van der Waals surface area contributed by atoms with Crippen LogP contribution in [0.1, 0.15) is 11.8 Å². The highest BCUT2D eigenvalue weighted by atomic mass is 32.1. The van der Waals surface area contributed by atoms with Gasteiger partial charge in [0.2, 0.25) is 5.91 Å². The molecule has 1 aromatic heterocycles. The minimum absolute atomic E-state index is 0.0867. The van der Waals surface area contributed by atoms with Gasteiger partial charge in [0, 0.05) is 43.3 Å². The number of hydrogen-bond donors (Lipinski definition) is 1. The Morgan fingerprint density at radius 2 is 1.92 bits per heavy atom. The molecule has 0 bridgehead atoms. The topological polar surface area (TPSA) is 44.8 Å². The fraction of sp³-hybridized carbons (Fsp3) is 0.450. The smallest absolute Gasteiger partial charge is 0.237 e. The van der Waals surface area contributed by atoms with Crippen molar-refractivity contribution in [2.75, 3.05) is 44.7 Å². The molecule has 2 heterocycles. The quantitative estimate of drug-likeness (QED) is 0.810. The molecule has 0 aliphatic carbocycles. The molecule has 26 heavy (non-hydrogen) atoms. The third kappa shape index (κ3) is 4.77. The van der Waals surface area contributed by atoms with Gasteiger partial charge in [-0.1, -0.05) is 6.07 Å². The molecule has 1 aliphatic heterocycles. The number of piperazine rings is 1. The van der Waals surface area contributed by atoms with Gasteiger partial charge in [-0.05, 0) is 49.1 Å². The van der Waals surface area contributed by atoms with Gasteiger partial charge < -0.3 is 15.0 Å². The second-order valence-corrected chi connectivity index (χ2v) is 7.55. The van der Waals surface area contributed by atoms with Gasteiger partial charge >= 0.3 is 0 Å². The molecule has 0 spiro atoms. The molecule has 0 saturated carbocycles. The van der Waals surface area contributed by atoms with Crippen LogP contribution >= 0.6 is 11.3 Å². The van der Waals surface area contributed by atoms with Crippen molar-refractivity contribution in [2.24, 2.45) is 0 Å². The van der Waals surface area contributed by atoms with Gasteiger partial charge in [0.05, 0.1) is 13.2 Å². The van der Waals surface area contributed by atoms with Crippen molar-refractivity contribution in [2.45, 2.75) is 19.4 Å². The number of rotatable bonds is 7. The largest absolute Gasteiger partial charge is 0.497 e. The van der Waals surface area contributed by atoms with Crippen molar-refractivity contribution in [3.05, 3.63) is 46.7 Å². The molecule has 1 unspecified atom stereocenters. The van der Waals surface area contributed by atoms with E-state index in [2.05, 4.69) is 38.7 Å². The zero-order valence-electron chi connectivity index (χ0n) is 15.5. The number of carbonyl (C=O) groups is 1. The highest BCUT2D eigenvalue weighted by Gasteiger charge is 2.25. The van der Waals surface area contributed by atoms with E-state index in [1.807, 2.05) is 25.1 Å². The Morgan fingerprint density at radius 3 is 2.54 bits per heavy atom. The van der Waals surface area contributed by atoms with Gasteiger partial charge in [-0.25, -0.2) is 0 Å². The van der Waals surface area contributed by atoms with Crippen LogP contribution in [0.5, 0.6) is 5.75 Å². The highest BCUT2D eigenvalue weighted by molar-refractivity contribution is 7.09. The number of anilines is 1. The number of ether oxygens (including phenoxy) is 1. The lowest BCUT2D eigenvalue weighted by molar-refractivity contribution is -0.125. The molecule has 0 radical (unpaired) electrons. The SMILES string of the molecule is COc1ccc(N2CCN(C(C)C(=O)NCCc3cccs3)CC2)cc1. The second kappa shape index (κ2) is 9.05. The highest BCUT2D eigenvalue weighted by Crippen LogP contribution is 2.21. The van der Waals surface area contributed by atoms with Crippen molar-refractivity contribution in [1.29, 1.82) is 0 Å². The Hall–Kier alpha value is -2.05. The molecular formula is C20H27N3O2S. The minimum Gasteiger partial charge on any atom is -0.497 e. The van der Waals surface area contributed by atoms with Crippen LogP contribution in [-0.4, -0.2) is 56.7 Å². The van der Waals surface area contributed by atoms with Crippen LogP contribution < -0.4 is 15.0 Å². The lowest BCUT2D eigenvalue weighted by Crippen LogP contribution is -2.54. The number of nitrogens with zero attached hydrogens (tertiary/aromatic N) is 2.